The van der Waals surface area contributed by atoms with E-state index in [-0.39, 0.29) is 11.9 Å². The molecule has 0 atom stereocenters. The fraction of sp³-hybridized carbons (Fsp3) is 0.400. The lowest BCUT2D eigenvalue weighted by molar-refractivity contribution is -0.149. The average Bonchev–Trinajstić information content (AvgIpc) is 2.88. The van der Waals surface area contributed by atoms with E-state index in [1.165, 1.54) is 0 Å². The lowest BCUT2D eigenvalue weighted by atomic mass is 9.94. The van der Waals surface area contributed by atoms with Crippen molar-refractivity contribution in [3.05, 3.63) is 46.0 Å². The summed E-state index contributed by atoms with van der Waals surface area (Å²) in [6.07, 6.45) is 0.543. The first-order chi connectivity index (χ1) is 9.93. The zero-order chi connectivity index (χ0) is 15.5. The highest BCUT2D eigenvalue weighted by atomic mass is 79.9. The van der Waals surface area contributed by atoms with E-state index in [2.05, 4.69) is 26.1 Å². The van der Waals surface area contributed by atoms with Crippen LogP contribution in [0.15, 0.2) is 33.3 Å². The molecule has 1 aromatic heterocycles. The largest absolute Gasteiger partial charge is 0.465 e. The van der Waals surface area contributed by atoms with Gasteiger partial charge in [0.2, 0.25) is 5.89 Å². The summed E-state index contributed by atoms with van der Waals surface area (Å²) in [6.45, 7) is 5.50. The van der Waals surface area contributed by atoms with Gasteiger partial charge in [0.05, 0.1) is 6.61 Å². The van der Waals surface area contributed by atoms with Gasteiger partial charge in [-0.25, -0.2) is 0 Å². The standard InChI is InChI=1S/C15H17BrN2O3/c1-4-20-14(19)15(2,3)13-17-12(18-21-13)9-10-6-5-7-11(16)8-10/h5-8H,4,9H2,1-3H3. The smallest absolute Gasteiger partial charge is 0.321 e. The minimum atomic E-state index is -0.946. The van der Waals surface area contributed by atoms with Crippen LogP contribution in [0.4, 0.5) is 0 Å². The van der Waals surface area contributed by atoms with Crippen LogP contribution in [0.1, 0.15) is 38.0 Å². The summed E-state index contributed by atoms with van der Waals surface area (Å²) in [6, 6.07) is 7.88. The Balaban J connectivity index is 2.16. The minimum Gasteiger partial charge on any atom is -0.465 e. The number of carbonyl (C=O) groups is 1. The molecule has 0 radical (unpaired) electrons. The van der Waals surface area contributed by atoms with Crippen molar-refractivity contribution < 1.29 is 14.1 Å². The van der Waals surface area contributed by atoms with Crippen molar-refractivity contribution in [3.63, 3.8) is 0 Å². The number of nitrogens with zero attached hydrogens (tertiary/aromatic N) is 2. The molecule has 0 amide bonds. The molecule has 0 aliphatic heterocycles. The Labute approximate surface area is 131 Å². The molecule has 5 nitrogen and oxygen atoms in total. The molecule has 0 spiro atoms. The van der Waals surface area contributed by atoms with Crippen LogP contribution >= 0.6 is 15.9 Å². The van der Waals surface area contributed by atoms with Crippen LogP contribution in [0, 0.1) is 0 Å². The van der Waals surface area contributed by atoms with E-state index in [4.69, 9.17) is 9.26 Å². The summed E-state index contributed by atoms with van der Waals surface area (Å²) in [7, 11) is 0. The van der Waals surface area contributed by atoms with E-state index in [0.717, 1.165) is 10.0 Å². The number of hydrogen-bond donors (Lipinski definition) is 0. The number of rotatable bonds is 5. The first kappa shape index (κ1) is 15.7. The molecule has 0 bridgehead atoms. The topological polar surface area (TPSA) is 65.2 Å². The van der Waals surface area contributed by atoms with Crippen LogP contribution in [-0.4, -0.2) is 22.7 Å². The van der Waals surface area contributed by atoms with Crippen LogP contribution in [0.25, 0.3) is 0 Å². The van der Waals surface area contributed by atoms with Gasteiger partial charge in [0.15, 0.2) is 5.82 Å². The maximum Gasteiger partial charge on any atom is 0.321 e. The number of esters is 1. The molecule has 0 unspecified atom stereocenters. The second-order valence-electron chi connectivity index (χ2n) is 5.17. The molecule has 1 aromatic carbocycles. The second-order valence-corrected chi connectivity index (χ2v) is 6.08. The zero-order valence-corrected chi connectivity index (χ0v) is 13.8. The van der Waals surface area contributed by atoms with Gasteiger partial charge in [-0.05, 0) is 38.5 Å². The van der Waals surface area contributed by atoms with Crippen LogP contribution in [0.5, 0.6) is 0 Å². The lowest BCUT2D eigenvalue weighted by Gasteiger charge is -2.16. The Kier molecular flexibility index (Phi) is 4.77. The maximum absolute atomic E-state index is 11.9. The molecule has 0 aliphatic carbocycles. The van der Waals surface area contributed by atoms with Gasteiger partial charge in [-0.1, -0.05) is 33.2 Å². The van der Waals surface area contributed by atoms with Crippen LogP contribution in [0.2, 0.25) is 0 Å². The summed E-state index contributed by atoms with van der Waals surface area (Å²) in [5.41, 5.74) is 0.115. The van der Waals surface area contributed by atoms with E-state index in [1.807, 2.05) is 24.3 Å². The summed E-state index contributed by atoms with van der Waals surface area (Å²) < 4.78 is 11.3. The monoisotopic (exact) mass is 352 g/mol. The van der Waals surface area contributed by atoms with Gasteiger partial charge in [0.1, 0.15) is 5.41 Å². The van der Waals surface area contributed by atoms with E-state index < -0.39 is 5.41 Å². The zero-order valence-electron chi connectivity index (χ0n) is 12.2. The molecule has 21 heavy (non-hydrogen) atoms. The van der Waals surface area contributed by atoms with E-state index in [0.29, 0.717) is 18.9 Å². The highest BCUT2D eigenvalue weighted by molar-refractivity contribution is 9.10. The molecular weight excluding hydrogens is 336 g/mol. The molecular formula is C15H17BrN2O3. The maximum atomic E-state index is 11.9. The first-order valence-corrected chi connectivity index (χ1v) is 7.47. The Hall–Kier alpha value is -1.69. The fourth-order valence-corrected chi connectivity index (χ4v) is 2.25. The lowest BCUT2D eigenvalue weighted by Crippen LogP contribution is -2.31. The molecule has 0 saturated heterocycles. The number of benzene rings is 1. The van der Waals surface area contributed by atoms with Crippen molar-refractivity contribution in [2.75, 3.05) is 6.61 Å². The van der Waals surface area contributed by atoms with Gasteiger partial charge in [-0.2, -0.15) is 4.98 Å². The number of aromatic nitrogens is 2. The quantitative estimate of drug-likeness (QED) is 0.772. The van der Waals surface area contributed by atoms with Crippen molar-refractivity contribution in [3.8, 4) is 0 Å². The van der Waals surface area contributed by atoms with E-state index >= 15 is 0 Å². The third-order valence-electron chi connectivity index (χ3n) is 3.04. The molecule has 6 heteroatoms. The van der Waals surface area contributed by atoms with Gasteiger partial charge in [-0.15, -0.1) is 0 Å². The minimum absolute atomic E-state index is 0.269. The highest BCUT2D eigenvalue weighted by Crippen LogP contribution is 2.24. The predicted octanol–water partition coefficient (Wildman–Crippen LogP) is 3.26. The SMILES string of the molecule is CCOC(=O)C(C)(C)c1nc(Cc2cccc(Br)c2)no1. The van der Waals surface area contributed by atoms with Crippen molar-refractivity contribution in [2.24, 2.45) is 0 Å². The van der Waals surface area contributed by atoms with Crippen molar-refractivity contribution >= 4 is 21.9 Å². The van der Waals surface area contributed by atoms with Gasteiger partial charge in [-0.3, -0.25) is 4.79 Å². The van der Waals surface area contributed by atoms with Gasteiger partial charge >= 0.3 is 5.97 Å². The molecule has 2 aromatic rings. The Bertz CT molecular complexity index is 637. The predicted molar refractivity (Wildman–Crippen MR) is 80.9 cm³/mol. The van der Waals surface area contributed by atoms with Crippen LogP contribution in [-0.2, 0) is 21.4 Å². The molecule has 2 rings (SSSR count). The Morgan fingerprint density at radius 1 is 1.43 bits per heavy atom. The van der Waals surface area contributed by atoms with Gasteiger partial charge < -0.3 is 9.26 Å². The second kappa shape index (κ2) is 6.39. The number of ether oxygens (including phenoxy) is 1. The summed E-state index contributed by atoms with van der Waals surface area (Å²) in [4.78, 5) is 16.2. The van der Waals surface area contributed by atoms with Crippen molar-refractivity contribution in [2.45, 2.75) is 32.6 Å². The highest BCUT2D eigenvalue weighted by Gasteiger charge is 2.37. The third-order valence-corrected chi connectivity index (χ3v) is 3.53. The Morgan fingerprint density at radius 2 is 2.19 bits per heavy atom. The summed E-state index contributed by atoms with van der Waals surface area (Å²) >= 11 is 3.42. The first-order valence-electron chi connectivity index (χ1n) is 6.68. The molecule has 112 valence electrons. The number of hydrogen-bond acceptors (Lipinski definition) is 5. The van der Waals surface area contributed by atoms with Gasteiger partial charge in [0, 0.05) is 10.9 Å². The van der Waals surface area contributed by atoms with Crippen molar-refractivity contribution in [1.82, 2.24) is 10.1 Å². The summed E-state index contributed by atoms with van der Waals surface area (Å²) in [5.74, 6) is 0.439. The molecule has 0 saturated carbocycles. The van der Waals surface area contributed by atoms with Crippen LogP contribution in [0.3, 0.4) is 0 Å². The molecule has 0 aliphatic rings. The summed E-state index contributed by atoms with van der Waals surface area (Å²) in [5, 5.41) is 3.94. The molecule has 1 heterocycles. The van der Waals surface area contributed by atoms with E-state index in [1.54, 1.807) is 20.8 Å². The fourth-order valence-electron chi connectivity index (χ4n) is 1.81. The van der Waals surface area contributed by atoms with E-state index in [9.17, 15) is 4.79 Å². The van der Waals surface area contributed by atoms with Crippen LogP contribution < -0.4 is 0 Å². The number of halogens is 1. The normalized spacial score (nSPS) is 11.4. The Morgan fingerprint density at radius 3 is 2.86 bits per heavy atom. The number of carbonyl (C=O) groups excluding carboxylic acids is 1. The van der Waals surface area contributed by atoms with Gasteiger partial charge in [0.25, 0.3) is 0 Å². The average molecular weight is 353 g/mol. The molecule has 0 N–H and O–H groups in total. The third kappa shape index (κ3) is 3.69. The molecule has 0 fully saturated rings. The van der Waals surface area contributed by atoms with Crippen molar-refractivity contribution in [1.29, 1.82) is 0 Å².